The minimum atomic E-state index is -3.44. The zero-order valence-electron chi connectivity index (χ0n) is 11.0. The second kappa shape index (κ2) is 6.82. The third-order valence-electron chi connectivity index (χ3n) is 2.70. The Bertz CT molecular complexity index is 716. The van der Waals surface area contributed by atoms with Gasteiger partial charge in [0.1, 0.15) is 5.82 Å². The number of amides is 1. The van der Waals surface area contributed by atoms with E-state index in [2.05, 4.69) is 26.2 Å². The number of carbonyl (C=O) groups is 1. The molecule has 5 nitrogen and oxygen atoms in total. The van der Waals surface area contributed by atoms with E-state index in [1.807, 2.05) is 0 Å². The number of hydrogen-bond donors (Lipinski definition) is 1. The molecule has 0 atom stereocenters. The number of halogens is 1. The lowest BCUT2D eigenvalue weighted by Crippen LogP contribution is -2.18. The summed E-state index contributed by atoms with van der Waals surface area (Å²) in [6.07, 6.45) is 1.44. The Balaban J connectivity index is 1.93. The summed E-state index contributed by atoms with van der Waals surface area (Å²) in [6.45, 7) is 0. The lowest BCUT2D eigenvalue weighted by molar-refractivity contribution is -0.115. The molecule has 0 radical (unpaired) electrons. The van der Waals surface area contributed by atoms with Crippen molar-refractivity contribution in [2.24, 2.45) is 0 Å². The van der Waals surface area contributed by atoms with Crippen LogP contribution in [-0.4, -0.2) is 25.1 Å². The van der Waals surface area contributed by atoms with Crippen molar-refractivity contribution in [2.75, 3.05) is 11.1 Å². The maximum absolute atomic E-state index is 12.0. The van der Waals surface area contributed by atoms with Crippen LogP contribution in [0.25, 0.3) is 0 Å². The van der Waals surface area contributed by atoms with Gasteiger partial charge in [-0.3, -0.25) is 4.79 Å². The predicted molar refractivity (Wildman–Crippen MR) is 83.7 cm³/mol. The van der Waals surface area contributed by atoms with Crippen LogP contribution in [0.4, 0.5) is 5.82 Å². The largest absolute Gasteiger partial charge is 0.311 e. The summed E-state index contributed by atoms with van der Waals surface area (Å²) < 4.78 is 24.9. The number of hydrogen-bond acceptors (Lipinski definition) is 4. The van der Waals surface area contributed by atoms with Gasteiger partial charge in [0.15, 0.2) is 9.84 Å². The van der Waals surface area contributed by atoms with Crippen LogP contribution in [0.5, 0.6) is 0 Å². The summed E-state index contributed by atoms with van der Waals surface area (Å²) in [5.74, 6) is -0.232. The highest BCUT2D eigenvalue weighted by Gasteiger charge is 2.16. The van der Waals surface area contributed by atoms with Crippen LogP contribution >= 0.6 is 15.9 Å². The van der Waals surface area contributed by atoms with E-state index in [9.17, 15) is 13.2 Å². The Morgan fingerprint density at radius 3 is 2.48 bits per heavy atom. The fraction of sp³-hybridized carbons (Fsp3) is 0.143. The molecule has 2 rings (SSSR count). The van der Waals surface area contributed by atoms with Gasteiger partial charge in [-0.25, -0.2) is 13.4 Å². The molecule has 2 aromatic rings. The molecule has 0 saturated carbocycles. The zero-order valence-corrected chi connectivity index (χ0v) is 13.4. The average Bonchev–Trinajstić information content (AvgIpc) is 2.49. The SMILES string of the molecule is O=C(CCS(=O)(=O)c1ccccc1)Nc1ccc(Br)cn1. The van der Waals surface area contributed by atoms with Gasteiger partial charge in [0, 0.05) is 17.1 Å². The zero-order chi connectivity index (χ0) is 15.3. The van der Waals surface area contributed by atoms with Crippen LogP contribution in [0, 0.1) is 0 Å². The fourth-order valence-corrected chi connectivity index (χ4v) is 3.12. The first kappa shape index (κ1) is 15.7. The fourth-order valence-electron chi connectivity index (χ4n) is 1.63. The van der Waals surface area contributed by atoms with Crippen LogP contribution in [0.2, 0.25) is 0 Å². The van der Waals surface area contributed by atoms with Crippen molar-refractivity contribution >= 4 is 37.5 Å². The molecule has 110 valence electrons. The van der Waals surface area contributed by atoms with E-state index < -0.39 is 9.84 Å². The van der Waals surface area contributed by atoms with E-state index in [1.165, 1.54) is 12.1 Å². The molecule has 0 spiro atoms. The first-order chi connectivity index (χ1) is 9.97. The molecule has 21 heavy (non-hydrogen) atoms. The molecule has 1 amide bonds. The van der Waals surface area contributed by atoms with Gasteiger partial charge < -0.3 is 5.32 Å². The van der Waals surface area contributed by atoms with Gasteiger partial charge in [0.05, 0.1) is 10.6 Å². The average molecular weight is 369 g/mol. The van der Waals surface area contributed by atoms with Crippen molar-refractivity contribution in [1.29, 1.82) is 0 Å². The maximum atomic E-state index is 12.0. The highest BCUT2D eigenvalue weighted by atomic mass is 79.9. The second-order valence-corrected chi connectivity index (χ2v) is 7.32. The number of carbonyl (C=O) groups excluding carboxylic acids is 1. The Morgan fingerprint density at radius 1 is 1.14 bits per heavy atom. The molecule has 0 aliphatic heterocycles. The highest BCUT2D eigenvalue weighted by Crippen LogP contribution is 2.13. The van der Waals surface area contributed by atoms with Gasteiger partial charge in [0.25, 0.3) is 0 Å². The number of rotatable bonds is 5. The maximum Gasteiger partial charge on any atom is 0.226 e. The van der Waals surface area contributed by atoms with Gasteiger partial charge in [0.2, 0.25) is 5.91 Å². The smallest absolute Gasteiger partial charge is 0.226 e. The summed E-state index contributed by atoms with van der Waals surface area (Å²) in [6, 6.07) is 11.5. The van der Waals surface area contributed by atoms with Crippen molar-refractivity contribution < 1.29 is 13.2 Å². The summed E-state index contributed by atoms with van der Waals surface area (Å²) in [5, 5.41) is 2.56. The Kier molecular flexibility index (Phi) is 5.08. The summed E-state index contributed by atoms with van der Waals surface area (Å²) in [7, 11) is -3.44. The Hall–Kier alpha value is -1.73. The van der Waals surface area contributed by atoms with Crippen LogP contribution in [0.15, 0.2) is 58.0 Å². The molecule has 1 aromatic heterocycles. The number of nitrogens with zero attached hydrogens (tertiary/aromatic N) is 1. The van der Waals surface area contributed by atoms with Crippen molar-refractivity contribution in [3.05, 3.63) is 53.1 Å². The van der Waals surface area contributed by atoms with Crippen molar-refractivity contribution in [3.8, 4) is 0 Å². The predicted octanol–water partition coefficient (Wildman–Crippen LogP) is 2.65. The molecule has 0 bridgehead atoms. The topological polar surface area (TPSA) is 76.1 Å². The van der Waals surface area contributed by atoms with E-state index in [0.717, 1.165) is 4.47 Å². The van der Waals surface area contributed by atoms with Crippen molar-refractivity contribution in [2.45, 2.75) is 11.3 Å². The summed E-state index contributed by atoms with van der Waals surface area (Å²) in [5.41, 5.74) is 0. The van der Waals surface area contributed by atoms with Crippen molar-refractivity contribution in [3.63, 3.8) is 0 Å². The number of pyridine rings is 1. The molecule has 1 aromatic carbocycles. The first-order valence-electron chi connectivity index (χ1n) is 6.16. The molecule has 0 fully saturated rings. The van der Waals surface area contributed by atoms with E-state index >= 15 is 0 Å². The minimum absolute atomic E-state index is 0.116. The van der Waals surface area contributed by atoms with Crippen LogP contribution in [-0.2, 0) is 14.6 Å². The monoisotopic (exact) mass is 368 g/mol. The number of benzene rings is 1. The third kappa shape index (κ3) is 4.64. The standard InChI is InChI=1S/C14H13BrN2O3S/c15-11-6-7-13(16-10-11)17-14(18)8-9-21(19,20)12-4-2-1-3-5-12/h1-7,10H,8-9H2,(H,16,17,18). The molecule has 0 aliphatic rings. The van der Waals surface area contributed by atoms with E-state index in [4.69, 9.17) is 0 Å². The lowest BCUT2D eigenvalue weighted by atomic mass is 10.4. The third-order valence-corrected chi connectivity index (χ3v) is 4.90. The van der Waals surface area contributed by atoms with Gasteiger partial charge in [-0.05, 0) is 40.2 Å². The Morgan fingerprint density at radius 2 is 1.86 bits per heavy atom. The lowest BCUT2D eigenvalue weighted by Gasteiger charge is -2.06. The Labute approximate surface area is 131 Å². The minimum Gasteiger partial charge on any atom is -0.311 e. The van der Waals surface area contributed by atoms with Gasteiger partial charge in [-0.15, -0.1) is 0 Å². The molecule has 7 heteroatoms. The van der Waals surface area contributed by atoms with Crippen LogP contribution in [0.3, 0.4) is 0 Å². The first-order valence-corrected chi connectivity index (χ1v) is 8.61. The van der Waals surface area contributed by atoms with E-state index in [1.54, 1.807) is 36.5 Å². The van der Waals surface area contributed by atoms with E-state index in [0.29, 0.717) is 5.82 Å². The van der Waals surface area contributed by atoms with Gasteiger partial charge in [-0.2, -0.15) is 0 Å². The van der Waals surface area contributed by atoms with Crippen LogP contribution in [0.1, 0.15) is 6.42 Å². The molecular weight excluding hydrogens is 356 g/mol. The summed E-state index contributed by atoms with van der Waals surface area (Å²) in [4.78, 5) is 16.0. The van der Waals surface area contributed by atoms with Gasteiger partial charge >= 0.3 is 0 Å². The molecule has 0 unspecified atom stereocenters. The van der Waals surface area contributed by atoms with E-state index in [-0.39, 0.29) is 23.0 Å². The quantitative estimate of drug-likeness (QED) is 0.879. The molecule has 0 aliphatic carbocycles. The normalized spacial score (nSPS) is 11.1. The van der Waals surface area contributed by atoms with Crippen molar-refractivity contribution in [1.82, 2.24) is 4.98 Å². The molecule has 1 heterocycles. The summed E-state index contributed by atoms with van der Waals surface area (Å²) >= 11 is 3.24. The second-order valence-electron chi connectivity index (χ2n) is 4.29. The molecule has 0 saturated heterocycles. The van der Waals surface area contributed by atoms with Crippen LogP contribution < -0.4 is 5.32 Å². The molecule has 1 N–H and O–H groups in total. The molecular formula is C14H13BrN2O3S. The van der Waals surface area contributed by atoms with Gasteiger partial charge in [-0.1, -0.05) is 18.2 Å². The number of aromatic nitrogens is 1. The number of anilines is 1. The highest BCUT2D eigenvalue weighted by molar-refractivity contribution is 9.10. The number of sulfone groups is 1. The number of nitrogens with one attached hydrogen (secondary N) is 1.